The number of aryl methyl sites for hydroxylation is 1. The van der Waals surface area contributed by atoms with E-state index in [1.807, 2.05) is 31.2 Å². The van der Waals surface area contributed by atoms with E-state index in [1.165, 1.54) is 4.57 Å². The summed E-state index contributed by atoms with van der Waals surface area (Å²) in [4.78, 5) is 16.1. The Balaban J connectivity index is 1.66. The molecule has 8 nitrogen and oxygen atoms in total. The number of rotatable bonds is 4. The van der Waals surface area contributed by atoms with Crippen LogP contribution >= 0.6 is 0 Å². The quantitative estimate of drug-likeness (QED) is 0.564. The standard InChI is InChI=1S/C17H13N5O3/c1-11-5-4-6-12(9-11)16-20-19-14(24-16)10-22-15(21-25-17(22)23)13-7-2-3-8-18-13/h2-9H,10H2,1H3. The molecule has 0 spiro atoms. The summed E-state index contributed by atoms with van der Waals surface area (Å²) in [6.45, 7) is 2.03. The van der Waals surface area contributed by atoms with Crippen molar-refractivity contribution in [3.63, 3.8) is 0 Å². The van der Waals surface area contributed by atoms with Crippen LogP contribution in [0.4, 0.5) is 0 Å². The monoisotopic (exact) mass is 335 g/mol. The largest absolute Gasteiger partial charge is 0.442 e. The highest BCUT2D eigenvalue weighted by molar-refractivity contribution is 5.53. The Labute approximate surface area is 141 Å². The van der Waals surface area contributed by atoms with Gasteiger partial charge in [0.15, 0.2) is 0 Å². The fraction of sp³-hybridized carbons (Fsp3) is 0.118. The van der Waals surface area contributed by atoms with Crippen LogP contribution in [0.2, 0.25) is 0 Å². The Bertz CT molecular complexity index is 1070. The van der Waals surface area contributed by atoms with Crippen LogP contribution in [-0.2, 0) is 6.54 Å². The van der Waals surface area contributed by atoms with Gasteiger partial charge >= 0.3 is 5.76 Å². The van der Waals surface area contributed by atoms with Crippen molar-refractivity contribution in [2.24, 2.45) is 0 Å². The number of aromatic nitrogens is 5. The third kappa shape index (κ3) is 2.97. The summed E-state index contributed by atoms with van der Waals surface area (Å²) < 4.78 is 11.7. The van der Waals surface area contributed by atoms with Crippen molar-refractivity contribution in [3.8, 4) is 23.0 Å². The van der Waals surface area contributed by atoms with Crippen molar-refractivity contribution in [1.29, 1.82) is 0 Å². The van der Waals surface area contributed by atoms with Gasteiger partial charge in [0.1, 0.15) is 12.2 Å². The van der Waals surface area contributed by atoms with Gasteiger partial charge in [-0.2, -0.15) is 0 Å². The van der Waals surface area contributed by atoms with Crippen molar-refractivity contribution >= 4 is 0 Å². The Hall–Kier alpha value is -3.55. The number of pyridine rings is 1. The first kappa shape index (κ1) is 15.0. The molecule has 3 aromatic heterocycles. The third-order valence-corrected chi connectivity index (χ3v) is 3.61. The number of hydrogen-bond acceptors (Lipinski definition) is 7. The highest BCUT2D eigenvalue weighted by atomic mass is 16.5. The highest BCUT2D eigenvalue weighted by Crippen LogP contribution is 2.20. The van der Waals surface area contributed by atoms with Crippen LogP contribution in [0.5, 0.6) is 0 Å². The topological polar surface area (TPSA) is 99.8 Å². The van der Waals surface area contributed by atoms with Crippen LogP contribution in [0, 0.1) is 6.92 Å². The first-order valence-electron chi connectivity index (χ1n) is 7.58. The van der Waals surface area contributed by atoms with Gasteiger partial charge in [0.25, 0.3) is 0 Å². The van der Waals surface area contributed by atoms with Crippen LogP contribution in [0.15, 0.2) is 62.4 Å². The fourth-order valence-electron chi connectivity index (χ4n) is 2.43. The first-order valence-corrected chi connectivity index (χ1v) is 7.58. The maximum absolute atomic E-state index is 12.0. The first-order chi connectivity index (χ1) is 12.2. The SMILES string of the molecule is Cc1cccc(-c2nnc(Cn3c(-c4ccccn4)noc3=O)o2)c1. The van der Waals surface area contributed by atoms with E-state index < -0.39 is 5.76 Å². The summed E-state index contributed by atoms with van der Waals surface area (Å²) in [6.07, 6.45) is 1.61. The molecule has 0 saturated heterocycles. The zero-order valence-electron chi connectivity index (χ0n) is 13.3. The molecule has 0 fully saturated rings. The average Bonchev–Trinajstić information content (AvgIpc) is 3.24. The average molecular weight is 335 g/mol. The zero-order valence-corrected chi connectivity index (χ0v) is 13.3. The molecular weight excluding hydrogens is 322 g/mol. The summed E-state index contributed by atoms with van der Waals surface area (Å²) >= 11 is 0. The third-order valence-electron chi connectivity index (χ3n) is 3.61. The molecule has 1 aromatic carbocycles. The maximum atomic E-state index is 12.0. The molecule has 0 saturated carbocycles. The molecule has 0 atom stereocenters. The molecule has 0 aliphatic heterocycles. The van der Waals surface area contributed by atoms with Gasteiger partial charge in [-0.25, -0.2) is 9.36 Å². The van der Waals surface area contributed by atoms with Gasteiger partial charge in [0.2, 0.25) is 17.6 Å². The van der Waals surface area contributed by atoms with Crippen molar-refractivity contribution < 1.29 is 8.94 Å². The molecule has 0 N–H and O–H groups in total. The van der Waals surface area contributed by atoms with Crippen LogP contribution in [-0.4, -0.2) is 24.9 Å². The Kier molecular flexibility index (Phi) is 3.70. The Morgan fingerprint density at radius 1 is 1.12 bits per heavy atom. The lowest BCUT2D eigenvalue weighted by atomic mass is 10.1. The van der Waals surface area contributed by atoms with Gasteiger partial charge in [0, 0.05) is 11.8 Å². The Morgan fingerprint density at radius 3 is 2.84 bits per heavy atom. The van der Waals surface area contributed by atoms with Crippen LogP contribution in [0.25, 0.3) is 23.0 Å². The van der Waals surface area contributed by atoms with Crippen LogP contribution in [0.3, 0.4) is 0 Å². The van der Waals surface area contributed by atoms with Gasteiger partial charge < -0.3 is 4.42 Å². The second kappa shape index (κ2) is 6.16. The highest BCUT2D eigenvalue weighted by Gasteiger charge is 2.17. The molecule has 4 rings (SSSR count). The summed E-state index contributed by atoms with van der Waals surface area (Å²) in [5.41, 5.74) is 2.43. The van der Waals surface area contributed by atoms with E-state index in [-0.39, 0.29) is 12.4 Å². The smallest absolute Gasteiger partial charge is 0.419 e. The van der Waals surface area contributed by atoms with Crippen molar-refractivity contribution in [2.45, 2.75) is 13.5 Å². The lowest BCUT2D eigenvalue weighted by Gasteiger charge is -2.00. The number of nitrogens with zero attached hydrogens (tertiary/aromatic N) is 5. The van der Waals surface area contributed by atoms with Gasteiger partial charge in [-0.05, 0) is 31.2 Å². The molecule has 25 heavy (non-hydrogen) atoms. The molecule has 0 aliphatic carbocycles. The molecule has 0 amide bonds. The predicted molar refractivity (Wildman–Crippen MR) is 87.6 cm³/mol. The molecular formula is C17H13N5O3. The number of hydrogen-bond donors (Lipinski definition) is 0. The summed E-state index contributed by atoms with van der Waals surface area (Å²) in [6, 6.07) is 13.0. The maximum Gasteiger partial charge on any atom is 0.442 e. The molecule has 4 aromatic rings. The van der Waals surface area contributed by atoms with E-state index in [1.54, 1.807) is 24.4 Å². The van der Waals surface area contributed by atoms with Crippen molar-refractivity contribution in [1.82, 2.24) is 24.9 Å². The van der Waals surface area contributed by atoms with Gasteiger partial charge in [0.05, 0.1) is 0 Å². The summed E-state index contributed by atoms with van der Waals surface area (Å²) in [5.74, 6) is 0.360. The zero-order chi connectivity index (χ0) is 17.2. The minimum absolute atomic E-state index is 0.0487. The molecule has 8 heteroatoms. The van der Waals surface area contributed by atoms with Gasteiger partial charge in [-0.3, -0.25) is 9.51 Å². The molecule has 0 radical (unpaired) electrons. The van der Waals surface area contributed by atoms with E-state index in [9.17, 15) is 4.79 Å². The summed E-state index contributed by atoms with van der Waals surface area (Å²) in [7, 11) is 0. The minimum atomic E-state index is -0.615. The van der Waals surface area contributed by atoms with Crippen LogP contribution < -0.4 is 5.76 Å². The van der Waals surface area contributed by atoms with E-state index >= 15 is 0 Å². The van der Waals surface area contributed by atoms with Crippen molar-refractivity contribution in [3.05, 3.63) is 70.7 Å². The number of benzene rings is 1. The van der Waals surface area contributed by atoms with E-state index in [2.05, 4.69) is 20.3 Å². The fourth-order valence-corrected chi connectivity index (χ4v) is 2.43. The molecule has 3 heterocycles. The molecule has 124 valence electrons. The molecule has 0 unspecified atom stereocenters. The second-order valence-corrected chi connectivity index (χ2v) is 5.44. The van der Waals surface area contributed by atoms with Gasteiger partial charge in [-0.15, -0.1) is 10.2 Å². The van der Waals surface area contributed by atoms with Crippen molar-refractivity contribution in [2.75, 3.05) is 0 Å². The minimum Gasteiger partial charge on any atom is -0.419 e. The predicted octanol–water partition coefficient (Wildman–Crippen LogP) is 2.31. The normalized spacial score (nSPS) is 10.9. The van der Waals surface area contributed by atoms with E-state index in [0.29, 0.717) is 17.4 Å². The Morgan fingerprint density at radius 2 is 2.04 bits per heavy atom. The summed E-state index contributed by atoms with van der Waals surface area (Å²) in [5, 5.41) is 11.8. The lowest BCUT2D eigenvalue weighted by molar-refractivity contribution is 0.373. The molecule has 0 aliphatic rings. The van der Waals surface area contributed by atoms with Gasteiger partial charge in [-0.1, -0.05) is 28.9 Å². The van der Waals surface area contributed by atoms with E-state index in [0.717, 1.165) is 11.1 Å². The second-order valence-electron chi connectivity index (χ2n) is 5.44. The lowest BCUT2D eigenvalue weighted by Crippen LogP contribution is -2.16. The van der Waals surface area contributed by atoms with Crippen LogP contribution in [0.1, 0.15) is 11.5 Å². The van der Waals surface area contributed by atoms with E-state index in [4.69, 9.17) is 8.94 Å². The molecule has 0 bridgehead atoms.